The van der Waals surface area contributed by atoms with Gasteiger partial charge in [-0.15, -0.1) is 11.3 Å². The van der Waals surface area contributed by atoms with Gasteiger partial charge in [0.15, 0.2) is 0 Å². The van der Waals surface area contributed by atoms with Gasteiger partial charge in [-0.05, 0) is 42.5 Å². The van der Waals surface area contributed by atoms with Crippen LogP contribution in [0.5, 0.6) is 0 Å². The average Bonchev–Trinajstić information content (AvgIpc) is 3.17. The number of rotatable bonds is 5. The molecule has 9 heteroatoms. The summed E-state index contributed by atoms with van der Waals surface area (Å²) in [6.45, 7) is 0. The molecular formula is C24H16Cl2N2O4S. The second-order valence-electron chi connectivity index (χ2n) is 6.88. The third kappa shape index (κ3) is 4.71. The Labute approximate surface area is 203 Å². The summed E-state index contributed by atoms with van der Waals surface area (Å²) in [5.41, 5.74) is 0.636. The lowest BCUT2D eigenvalue weighted by atomic mass is 10.1. The first-order valence-electron chi connectivity index (χ1n) is 9.65. The Morgan fingerprint density at radius 2 is 1.52 bits per heavy atom. The summed E-state index contributed by atoms with van der Waals surface area (Å²) in [7, 11) is 1.22. The van der Waals surface area contributed by atoms with Gasteiger partial charge in [-0.3, -0.25) is 9.59 Å². The van der Waals surface area contributed by atoms with Crippen molar-refractivity contribution >= 4 is 73.8 Å². The van der Waals surface area contributed by atoms with Crippen molar-refractivity contribution in [3.05, 3.63) is 92.8 Å². The number of hydrogen-bond donors (Lipinski definition) is 2. The van der Waals surface area contributed by atoms with E-state index < -0.39 is 17.8 Å². The fraction of sp³-hybridized carbons (Fsp3) is 0.0417. The molecule has 0 aliphatic heterocycles. The highest BCUT2D eigenvalue weighted by atomic mass is 35.5. The minimum Gasteiger partial charge on any atom is -0.465 e. The summed E-state index contributed by atoms with van der Waals surface area (Å²) < 4.78 is 5.68. The fourth-order valence-electron chi connectivity index (χ4n) is 3.22. The maximum atomic E-state index is 13.2. The smallest absolute Gasteiger partial charge is 0.340 e. The Morgan fingerprint density at radius 1 is 0.818 bits per heavy atom. The van der Waals surface area contributed by atoms with E-state index in [1.807, 2.05) is 24.3 Å². The van der Waals surface area contributed by atoms with Gasteiger partial charge in [0.1, 0.15) is 4.88 Å². The number of para-hydroxylation sites is 1. The van der Waals surface area contributed by atoms with Crippen LogP contribution >= 0.6 is 34.5 Å². The van der Waals surface area contributed by atoms with Gasteiger partial charge in [0, 0.05) is 20.8 Å². The van der Waals surface area contributed by atoms with Crippen LogP contribution in [0.3, 0.4) is 0 Å². The Bertz CT molecular complexity index is 1380. The topological polar surface area (TPSA) is 84.5 Å². The predicted octanol–water partition coefficient (Wildman–Crippen LogP) is 6.50. The summed E-state index contributed by atoms with van der Waals surface area (Å²) in [6, 6.07) is 18.4. The molecule has 0 spiro atoms. The summed E-state index contributed by atoms with van der Waals surface area (Å²) in [5.74, 6) is -1.77. The SMILES string of the molecule is COC(=O)c1cccc(C(=O)Nc2ccc(Cl)cc2)c1NC(=O)c1sc2ccccc2c1Cl. The second kappa shape index (κ2) is 9.62. The van der Waals surface area contributed by atoms with Gasteiger partial charge in [0.25, 0.3) is 11.8 Å². The number of esters is 1. The van der Waals surface area contributed by atoms with Crippen LogP contribution < -0.4 is 10.6 Å². The first-order valence-corrected chi connectivity index (χ1v) is 11.2. The third-order valence-corrected chi connectivity index (χ3v) is 6.72. The lowest BCUT2D eigenvalue weighted by molar-refractivity contribution is 0.0602. The Kier molecular flexibility index (Phi) is 6.65. The summed E-state index contributed by atoms with van der Waals surface area (Å²) in [5, 5.41) is 6.99. The number of nitrogens with one attached hydrogen (secondary N) is 2. The van der Waals surface area contributed by atoms with Gasteiger partial charge in [-0.1, -0.05) is 47.5 Å². The van der Waals surface area contributed by atoms with Gasteiger partial charge in [-0.25, -0.2) is 4.79 Å². The first-order chi connectivity index (χ1) is 15.9. The molecule has 4 aromatic rings. The molecule has 166 valence electrons. The number of carbonyl (C=O) groups excluding carboxylic acids is 3. The minimum atomic E-state index is -0.700. The third-order valence-electron chi connectivity index (χ3n) is 4.80. The average molecular weight is 499 g/mol. The quantitative estimate of drug-likeness (QED) is 0.307. The molecule has 3 aromatic carbocycles. The van der Waals surface area contributed by atoms with Crippen LogP contribution in [0.2, 0.25) is 10.0 Å². The van der Waals surface area contributed by atoms with Crippen LogP contribution in [0, 0.1) is 0 Å². The van der Waals surface area contributed by atoms with Gasteiger partial charge >= 0.3 is 5.97 Å². The molecule has 0 atom stereocenters. The minimum absolute atomic E-state index is 0.0225. The Morgan fingerprint density at radius 3 is 2.21 bits per heavy atom. The molecule has 0 radical (unpaired) electrons. The molecule has 0 aliphatic rings. The molecule has 0 bridgehead atoms. The first kappa shape index (κ1) is 22.8. The number of hydrogen-bond acceptors (Lipinski definition) is 5. The Hall–Kier alpha value is -3.39. The van der Waals surface area contributed by atoms with Crippen LogP contribution in [0.4, 0.5) is 11.4 Å². The highest BCUT2D eigenvalue weighted by molar-refractivity contribution is 7.21. The van der Waals surface area contributed by atoms with Crippen LogP contribution in [-0.4, -0.2) is 24.9 Å². The number of benzene rings is 3. The zero-order chi connectivity index (χ0) is 23.5. The van der Waals surface area contributed by atoms with E-state index >= 15 is 0 Å². The monoisotopic (exact) mass is 498 g/mol. The van der Waals surface area contributed by atoms with Gasteiger partial charge < -0.3 is 15.4 Å². The van der Waals surface area contributed by atoms with Crippen molar-refractivity contribution in [1.29, 1.82) is 0 Å². The number of carbonyl (C=O) groups is 3. The number of methoxy groups -OCH3 is 1. The molecular weight excluding hydrogens is 483 g/mol. The lowest BCUT2D eigenvalue weighted by Crippen LogP contribution is -2.21. The van der Waals surface area contributed by atoms with E-state index in [0.717, 1.165) is 10.1 Å². The summed E-state index contributed by atoms with van der Waals surface area (Å²) in [4.78, 5) is 38.8. The van der Waals surface area contributed by atoms with Crippen molar-refractivity contribution < 1.29 is 19.1 Å². The number of fused-ring (bicyclic) bond motifs is 1. The van der Waals surface area contributed by atoms with E-state index in [1.165, 1.54) is 36.6 Å². The Balaban J connectivity index is 1.72. The van der Waals surface area contributed by atoms with Crippen molar-refractivity contribution in [3.63, 3.8) is 0 Å². The molecule has 1 aromatic heterocycles. The second-order valence-corrected chi connectivity index (χ2v) is 8.74. The van der Waals surface area contributed by atoms with E-state index in [-0.39, 0.29) is 21.7 Å². The highest BCUT2D eigenvalue weighted by Gasteiger charge is 2.24. The van der Waals surface area contributed by atoms with Crippen LogP contribution in [0.1, 0.15) is 30.4 Å². The standard InChI is InChI=1S/C24H16Cl2N2O4S/c1-32-24(31)17-7-4-6-16(22(29)27-14-11-9-13(25)10-12-14)20(17)28-23(30)21-19(26)15-5-2-3-8-18(15)33-21/h2-12H,1H3,(H,27,29)(H,28,30). The van der Waals surface area contributed by atoms with E-state index in [2.05, 4.69) is 10.6 Å². The molecule has 4 rings (SSSR count). The van der Waals surface area contributed by atoms with Gasteiger partial charge in [0.05, 0.1) is 28.9 Å². The van der Waals surface area contributed by atoms with Crippen molar-refractivity contribution in [1.82, 2.24) is 0 Å². The van der Waals surface area contributed by atoms with E-state index in [0.29, 0.717) is 15.7 Å². The maximum Gasteiger partial charge on any atom is 0.340 e. The highest BCUT2D eigenvalue weighted by Crippen LogP contribution is 2.36. The number of amides is 2. The van der Waals surface area contributed by atoms with E-state index in [9.17, 15) is 14.4 Å². The van der Waals surface area contributed by atoms with E-state index in [4.69, 9.17) is 27.9 Å². The number of thiophene rings is 1. The zero-order valence-electron chi connectivity index (χ0n) is 17.1. The molecule has 0 saturated carbocycles. The van der Waals surface area contributed by atoms with Crippen LogP contribution in [-0.2, 0) is 4.74 Å². The molecule has 6 nitrogen and oxygen atoms in total. The maximum absolute atomic E-state index is 13.2. The molecule has 33 heavy (non-hydrogen) atoms. The zero-order valence-corrected chi connectivity index (χ0v) is 19.5. The van der Waals surface area contributed by atoms with Crippen LogP contribution in [0.15, 0.2) is 66.7 Å². The van der Waals surface area contributed by atoms with E-state index in [1.54, 1.807) is 24.3 Å². The normalized spacial score (nSPS) is 10.6. The molecule has 1 heterocycles. The van der Waals surface area contributed by atoms with Crippen molar-refractivity contribution in [2.75, 3.05) is 17.7 Å². The van der Waals surface area contributed by atoms with Gasteiger partial charge in [-0.2, -0.15) is 0 Å². The predicted molar refractivity (Wildman–Crippen MR) is 132 cm³/mol. The number of halogens is 2. The van der Waals surface area contributed by atoms with Crippen molar-refractivity contribution in [2.24, 2.45) is 0 Å². The molecule has 0 aliphatic carbocycles. The summed E-state index contributed by atoms with van der Waals surface area (Å²) >= 11 is 13.6. The summed E-state index contributed by atoms with van der Waals surface area (Å²) in [6.07, 6.45) is 0. The number of ether oxygens (including phenoxy) is 1. The van der Waals surface area contributed by atoms with Crippen LogP contribution in [0.25, 0.3) is 10.1 Å². The van der Waals surface area contributed by atoms with Crippen molar-refractivity contribution in [3.8, 4) is 0 Å². The molecule has 0 unspecified atom stereocenters. The largest absolute Gasteiger partial charge is 0.465 e. The lowest BCUT2D eigenvalue weighted by Gasteiger charge is -2.15. The molecule has 0 fully saturated rings. The van der Waals surface area contributed by atoms with Crippen molar-refractivity contribution in [2.45, 2.75) is 0 Å². The molecule has 2 amide bonds. The fourth-order valence-corrected chi connectivity index (χ4v) is 4.76. The molecule has 0 saturated heterocycles. The van der Waals surface area contributed by atoms with Gasteiger partial charge in [0.2, 0.25) is 0 Å². The number of anilines is 2. The molecule has 2 N–H and O–H groups in total.